The van der Waals surface area contributed by atoms with Crippen LogP contribution in [0.15, 0.2) is 27.4 Å². The zero-order chi connectivity index (χ0) is 12.8. The van der Waals surface area contributed by atoms with Gasteiger partial charge in [0.2, 0.25) is 0 Å². The molecular weight excluding hydrogens is 232 g/mol. The van der Waals surface area contributed by atoms with Crippen LogP contribution in [0.1, 0.15) is 18.4 Å². The third-order valence-electron chi connectivity index (χ3n) is 2.65. The van der Waals surface area contributed by atoms with Gasteiger partial charge in [-0.1, -0.05) is 6.92 Å². The number of rotatable bonds is 7. The lowest BCUT2D eigenvalue weighted by Crippen LogP contribution is -2.19. The van der Waals surface area contributed by atoms with Crippen LogP contribution in [0, 0.1) is 0 Å². The van der Waals surface area contributed by atoms with E-state index >= 15 is 0 Å². The molecule has 0 atom stereocenters. The maximum Gasteiger partial charge on any atom is 0.194 e. The second-order valence-electron chi connectivity index (χ2n) is 3.92. The molecule has 0 aliphatic rings. The summed E-state index contributed by atoms with van der Waals surface area (Å²) in [6, 6.07) is 3.87. The van der Waals surface area contributed by atoms with Gasteiger partial charge in [-0.3, -0.25) is 0 Å². The Morgan fingerprint density at radius 3 is 3.00 bits per heavy atom. The highest BCUT2D eigenvalue weighted by Crippen LogP contribution is 2.25. The Kier molecular flexibility index (Phi) is 4.55. The molecule has 18 heavy (non-hydrogen) atoms. The van der Waals surface area contributed by atoms with E-state index in [1.165, 1.54) is 6.39 Å². The summed E-state index contributed by atoms with van der Waals surface area (Å²) in [4.78, 5) is 4.20. The van der Waals surface area contributed by atoms with Crippen molar-refractivity contribution in [2.75, 3.05) is 20.3 Å². The number of hydrogen-bond acceptors (Lipinski definition) is 5. The lowest BCUT2D eigenvalue weighted by molar-refractivity contribution is 0.199. The molecule has 0 saturated heterocycles. The zero-order valence-electron chi connectivity index (χ0n) is 10.7. The summed E-state index contributed by atoms with van der Waals surface area (Å²) in [5.74, 6) is 2.37. The highest BCUT2D eigenvalue weighted by atomic mass is 16.5. The van der Waals surface area contributed by atoms with Gasteiger partial charge in [-0.05, 0) is 12.1 Å². The van der Waals surface area contributed by atoms with Crippen molar-refractivity contribution in [2.24, 2.45) is 0 Å². The zero-order valence-corrected chi connectivity index (χ0v) is 10.7. The lowest BCUT2D eigenvalue weighted by atomic mass is 10.2. The third kappa shape index (κ3) is 3.00. The minimum atomic E-state index is 0.636. The molecule has 5 heteroatoms. The van der Waals surface area contributed by atoms with Gasteiger partial charge in [0, 0.05) is 26.6 Å². The minimum absolute atomic E-state index is 0.636. The average Bonchev–Trinajstić information content (AvgIpc) is 3.02. The molecule has 0 radical (unpaired) electrons. The van der Waals surface area contributed by atoms with Gasteiger partial charge in [-0.2, -0.15) is 0 Å². The summed E-state index contributed by atoms with van der Waals surface area (Å²) in [6.45, 7) is 4.14. The summed E-state index contributed by atoms with van der Waals surface area (Å²) < 4.78 is 16.0. The maximum atomic E-state index is 5.66. The first-order chi connectivity index (χ1) is 8.85. The normalized spacial score (nSPS) is 11.0. The molecule has 2 rings (SSSR count). The standard InChI is InChI=1S/C13H18N2O3/c1-3-10-4-5-12(18-10)13-11(15-9-17-13)8-14-6-7-16-2/h4-5,9,14H,3,6-8H2,1-2H3. The monoisotopic (exact) mass is 250 g/mol. The van der Waals surface area contributed by atoms with Gasteiger partial charge in [0.15, 0.2) is 17.9 Å². The van der Waals surface area contributed by atoms with Gasteiger partial charge in [0.1, 0.15) is 11.5 Å². The molecular formula is C13H18N2O3. The number of furan rings is 1. The number of nitrogens with one attached hydrogen (secondary N) is 1. The van der Waals surface area contributed by atoms with Gasteiger partial charge in [0.05, 0.1) is 6.61 Å². The van der Waals surface area contributed by atoms with Crippen molar-refractivity contribution in [3.8, 4) is 11.5 Å². The number of aromatic nitrogens is 1. The van der Waals surface area contributed by atoms with Crippen LogP contribution in [0.5, 0.6) is 0 Å². The molecule has 2 aromatic rings. The first kappa shape index (κ1) is 12.9. The number of nitrogens with zero attached hydrogens (tertiary/aromatic N) is 1. The van der Waals surface area contributed by atoms with Gasteiger partial charge >= 0.3 is 0 Å². The van der Waals surface area contributed by atoms with Crippen molar-refractivity contribution in [2.45, 2.75) is 19.9 Å². The second kappa shape index (κ2) is 6.37. The van der Waals surface area contributed by atoms with E-state index in [4.69, 9.17) is 13.6 Å². The Morgan fingerprint density at radius 2 is 2.28 bits per heavy atom. The highest BCUT2D eigenvalue weighted by Gasteiger charge is 2.13. The van der Waals surface area contributed by atoms with E-state index in [0.29, 0.717) is 18.9 Å². The van der Waals surface area contributed by atoms with Crippen LogP contribution in [-0.4, -0.2) is 25.2 Å². The van der Waals surface area contributed by atoms with E-state index in [1.54, 1.807) is 7.11 Å². The van der Waals surface area contributed by atoms with Crippen molar-refractivity contribution in [1.29, 1.82) is 0 Å². The number of aryl methyl sites for hydroxylation is 1. The van der Waals surface area contributed by atoms with E-state index < -0.39 is 0 Å². The van der Waals surface area contributed by atoms with Crippen LogP contribution in [0.25, 0.3) is 11.5 Å². The molecule has 0 saturated carbocycles. The van der Waals surface area contributed by atoms with Crippen molar-refractivity contribution in [3.63, 3.8) is 0 Å². The van der Waals surface area contributed by atoms with Gasteiger partial charge < -0.3 is 18.9 Å². The van der Waals surface area contributed by atoms with E-state index in [0.717, 1.165) is 30.2 Å². The molecule has 0 aliphatic carbocycles. The van der Waals surface area contributed by atoms with E-state index in [-0.39, 0.29) is 0 Å². The number of hydrogen-bond donors (Lipinski definition) is 1. The van der Waals surface area contributed by atoms with E-state index in [9.17, 15) is 0 Å². The predicted molar refractivity (Wildman–Crippen MR) is 67.2 cm³/mol. The smallest absolute Gasteiger partial charge is 0.194 e. The summed E-state index contributed by atoms with van der Waals surface area (Å²) in [5, 5.41) is 3.23. The summed E-state index contributed by atoms with van der Waals surface area (Å²) in [7, 11) is 1.68. The Bertz CT molecular complexity index is 476. The summed E-state index contributed by atoms with van der Waals surface area (Å²) in [5.41, 5.74) is 0.850. The van der Waals surface area contributed by atoms with Crippen molar-refractivity contribution >= 4 is 0 Å². The van der Waals surface area contributed by atoms with E-state index in [1.807, 2.05) is 12.1 Å². The van der Waals surface area contributed by atoms with Crippen LogP contribution < -0.4 is 5.32 Å². The molecule has 0 unspecified atom stereocenters. The molecule has 0 aromatic carbocycles. The third-order valence-corrected chi connectivity index (χ3v) is 2.65. The molecule has 1 N–H and O–H groups in total. The first-order valence-corrected chi connectivity index (χ1v) is 6.06. The Hall–Kier alpha value is -1.59. The SMILES string of the molecule is CCc1ccc(-c2ocnc2CNCCOC)o1. The second-order valence-corrected chi connectivity index (χ2v) is 3.92. The van der Waals surface area contributed by atoms with Crippen molar-refractivity contribution < 1.29 is 13.6 Å². The van der Waals surface area contributed by atoms with Gasteiger partial charge in [-0.25, -0.2) is 4.98 Å². The number of oxazole rings is 1. The van der Waals surface area contributed by atoms with E-state index in [2.05, 4.69) is 17.2 Å². The fourth-order valence-electron chi connectivity index (χ4n) is 1.67. The number of ether oxygens (including phenoxy) is 1. The molecule has 5 nitrogen and oxygen atoms in total. The molecule has 98 valence electrons. The minimum Gasteiger partial charge on any atom is -0.458 e. The van der Waals surface area contributed by atoms with Crippen LogP contribution in [-0.2, 0) is 17.7 Å². The fourth-order valence-corrected chi connectivity index (χ4v) is 1.67. The molecule has 0 amide bonds. The molecule has 2 aromatic heterocycles. The van der Waals surface area contributed by atoms with Gasteiger partial charge in [-0.15, -0.1) is 0 Å². The summed E-state index contributed by atoms with van der Waals surface area (Å²) >= 11 is 0. The topological polar surface area (TPSA) is 60.4 Å². The number of methoxy groups -OCH3 is 1. The maximum absolute atomic E-state index is 5.66. The van der Waals surface area contributed by atoms with Crippen molar-refractivity contribution in [1.82, 2.24) is 10.3 Å². The Labute approximate surface area is 106 Å². The first-order valence-electron chi connectivity index (χ1n) is 6.06. The quantitative estimate of drug-likeness (QED) is 0.763. The fraction of sp³-hybridized carbons (Fsp3) is 0.462. The summed E-state index contributed by atoms with van der Waals surface area (Å²) in [6.07, 6.45) is 2.31. The van der Waals surface area contributed by atoms with Crippen LogP contribution in [0.3, 0.4) is 0 Å². The van der Waals surface area contributed by atoms with Crippen LogP contribution in [0.2, 0.25) is 0 Å². The molecule has 0 fully saturated rings. The molecule has 0 bridgehead atoms. The highest BCUT2D eigenvalue weighted by molar-refractivity contribution is 5.53. The van der Waals surface area contributed by atoms with Crippen LogP contribution in [0.4, 0.5) is 0 Å². The van der Waals surface area contributed by atoms with Crippen LogP contribution >= 0.6 is 0 Å². The molecule has 0 aliphatic heterocycles. The largest absolute Gasteiger partial charge is 0.458 e. The average molecular weight is 250 g/mol. The Balaban J connectivity index is 2.02. The predicted octanol–water partition coefficient (Wildman–Crippen LogP) is 2.23. The molecule has 2 heterocycles. The molecule has 0 spiro atoms. The lowest BCUT2D eigenvalue weighted by Gasteiger charge is -2.02. The van der Waals surface area contributed by atoms with Crippen molar-refractivity contribution in [3.05, 3.63) is 30.0 Å². The Morgan fingerprint density at radius 1 is 1.39 bits per heavy atom. The van der Waals surface area contributed by atoms with Gasteiger partial charge in [0.25, 0.3) is 0 Å².